The first-order valence-corrected chi connectivity index (χ1v) is 7.38. The molecule has 7 nitrogen and oxygen atoms in total. The number of carbonyl (C=O) groups excluding carboxylic acids is 1. The van der Waals surface area contributed by atoms with Gasteiger partial charge in [-0.1, -0.05) is 13.8 Å². The van der Waals surface area contributed by atoms with Gasteiger partial charge in [0.1, 0.15) is 11.3 Å². The van der Waals surface area contributed by atoms with Gasteiger partial charge < -0.3 is 14.6 Å². The van der Waals surface area contributed by atoms with Crippen LogP contribution < -0.4 is 5.56 Å². The van der Waals surface area contributed by atoms with E-state index in [-0.39, 0.29) is 23.4 Å². The molecule has 1 aliphatic rings. The van der Waals surface area contributed by atoms with Gasteiger partial charge in [0.2, 0.25) is 0 Å². The molecule has 1 amide bonds. The van der Waals surface area contributed by atoms with Gasteiger partial charge in [-0.05, 0) is 12.8 Å². The third-order valence-corrected chi connectivity index (χ3v) is 4.07. The molecule has 0 saturated carbocycles. The number of amides is 1. The number of nitrogens with one attached hydrogen (secondary N) is 1. The number of ether oxygens (including phenoxy) is 1. The van der Waals surface area contributed by atoms with Crippen LogP contribution in [-0.4, -0.2) is 45.2 Å². The Kier molecular flexibility index (Phi) is 3.52. The minimum atomic E-state index is -0.226. The van der Waals surface area contributed by atoms with Gasteiger partial charge in [0.25, 0.3) is 11.5 Å². The van der Waals surface area contributed by atoms with Crippen molar-refractivity contribution in [3.05, 3.63) is 33.4 Å². The summed E-state index contributed by atoms with van der Waals surface area (Å²) in [6.45, 7) is 6.65. The Labute approximate surface area is 127 Å². The molecule has 1 atom stereocenters. The largest absolute Gasteiger partial charge is 0.383 e. The molecule has 7 heteroatoms. The summed E-state index contributed by atoms with van der Waals surface area (Å²) >= 11 is 0. The van der Waals surface area contributed by atoms with E-state index in [0.717, 1.165) is 5.69 Å². The van der Waals surface area contributed by atoms with Gasteiger partial charge in [-0.25, -0.2) is 0 Å². The van der Waals surface area contributed by atoms with Gasteiger partial charge in [-0.3, -0.25) is 9.59 Å². The molecule has 0 unspecified atom stereocenters. The maximum Gasteiger partial charge on any atom is 0.280 e. The van der Waals surface area contributed by atoms with E-state index in [4.69, 9.17) is 4.74 Å². The van der Waals surface area contributed by atoms with Crippen molar-refractivity contribution in [3.63, 3.8) is 0 Å². The highest BCUT2D eigenvalue weighted by Gasteiger charge is 2.34. The summed E-state index contributed by atoms with van der Waals surface area (Å²) in [6.07, 6.45) is 0. The number of rotatable bonds is 4. The smallest absolute Gasteiger partial charge is 0.280 e. The lowest BCUT2D eigenvalue weighted by Gasteiger charge is -2.22. The quantitative estimate of drug-likeness (QED) is 0.918. The lowest BCUT2D eigenvalue weighted by atomic mass is 10.1. The van der Waals surface area contributed by atoms with Crippen molar-refractivity contribution in [1.82, 2.24) is 19.5 Å². The van der Waals surface area contributed by atoms with Gasteiger partial charge in [-0.15, -0.1) is 0 Å². The van der Waals surface area contributed by atoms with Crippen LogP contribution in [0.25, 0.3) is 5.65 Å². The van der Waals surface area contributed by atoms with Crippen molar-refractivity contribution < 1.29 is 9.53 Å². The summed E-state index contributed by atoms with van der Waals surface area (Å²) < 4.78 is 6.45. The topological polar surface area (TPSA) is 79.7 Å². The zero-order valence-electron chi connectivity index (χ0n) is 13.2. The molecule has 0 fully saturated rings. The Balaban J connectivity index is 2.08. The molecular formula is C15H20N4O3. The second-order valence-electron chi connectivity index (χ2n) is 6.04. The number of aromatic amines is 1. The number of H-pyrrole nitrogens is 1. The third kappa shape index (κ3) is 2.12. The van der Waals surface area contributed by atoms with E-state index in [0.29, 0.717) is 30.1 Å². The zero-order valence-corrected chi connectivity index (χ0v) is 13.2. The van der Waals surface area contributed by atoms with Gasteiger partial charge in [0, 0.05) is 13.2 Å². The van der Waals surface area contributed by atoms with Crippen LogP contribution >= 0.6 is 0 Å². The molecule has 0 bridgehead atoms. The predicted octanol–water partition coefficient (Wildman–Crippen LogP) is 1.14. The Bertz CT molecular complexity index is 790. The third-order valence-electron chi connectivity index (χ3n) is 4.07. The van der Waals surface area contributed by atoms with Crippen molar-refractivity contribution in [1.29, 1.82) is 0 Å². The molecule has 3 rings (SSSR count). The first-order valence-electron chi connectivity index (χ1n) is 7.38. The number of methoxy groups -OCH3 is 1. The number of hydrogen-bond donors (Lipinski definition) is 1. The summed E-state index contributed by atoms with van der Waals surface area (Å²) in [7, 11) is 1.59. The standard InChI is InChI=1S/C15H20N4O3/c1-8(2)11-5-12-16-13-10(14(20)19(12)17-11)6-18(15(13)21)9(3)7-22-4/h5,8-9,16H,6-7H2,1-4H3/t9-/m1/s1. The van der Waals surface area contributed by atoms with E-state index < -0.39 is 0 Å². The molecular weight excluding hydrogens is 284 g/mol. The SMILES string of the molecule is COC[C@@H](C)N1Cc2c([nH]c3cc(C(C)C)nn3c2=O)C1=O. The van der Waals surface area contributed by atoms with E-state index in [1.54, 1.807) is 12.0 Å². The van der Waals surface area contributed by atoms with Crippen LogP contribution in [0, 0.1) is 0 Å². The zero-order chi connectivity index (χ0) is 16.0. The Morgan fingerprint density at radius 3 is 2.73 bits per heavy atom. The van der Waals surface area contributed by atoms with Crippen LogP contribution in [0.3, 0.4) is 0 Å². The highest BCUT2D eigenvalue weighted by atomic mass is 16.5. The van der Waals surface area contributed by atoms with Crippen LogP contribution in [0.5, 0.6) is 0 Å². The molecule has 0 saturated heterocycles. The average Bonchev–Trinajstić information content (AvgIpc) is 3.03. The fourth-order valence-corrected chi connectivity index (χ4v) is 2.77. The highest BCUT2D eigenvalue weighted by molar-refractivity contribution is 5.97. The van der Waals surface area contributed by atoms with Crippen molar-refractivity contribution in [2.45, 2.75) is 39.3 Å². The van der Waals surface area contributed by atoms with Crippen LogP contribution in [0.1, 0.15) is 48.4 Å². The molecule has 3 heterocycles. The van der Waals surface area contributed by atoms with E-state index in [9.17, 15) is 9.59 Å². The van der Waals surface area contributed by atoms with E-state index in [2.05, 4.69) is 10.1 Å². The van der Waals surface area contributed by atoms with Gasteiger partial charge >= 0.3 is 0 Å². The summed E-state index contributed by atoms with van der Waals surface area (Å²) in [6, 6.07) is 1.73. The molecule has 0 aromatic carbocycles. The van der Waals surface area contributed by atoms with Gasteiger partial charge in [0.05, 0.1) is 30.5 Å². The minimum absolute atomic E-state index is 0.0868. The number of fused-ring (bicyclic) bond motifs is 2. The summed E-state index contributed by atoms with van der Waals surface area (Å²) in [5.74, 6) is 0.0583. The molecule has 1 aliphatic heterocycles. The van der Waals surface area contributed by atoms with Crippen molar-refractivity contribution in [2.75, 3.05) is 13.7 Å². The van der Waals surface area contributed by atoms with Crippen LogP contribution in [0.4, 0.5) is 0 Å². The minimum Gasteiger partial charge on any atom is -0.383 e. The summed E-state index contributed by atoms with van der Waals surface area (Å²) in [5, 5.41) is 4.34. The monoisotopic (exact) mass is 304 g/mol. The lowest BCUT2D eigenvalue weighted by molar-refractivity contribution is 0.0584. The van der Waals surface area contributed by atoms with Gasteiger partial charge in [0.15, 0.2) is 0 Å². The van der Waals surface area contributed by atoms with E-state index in [1.807, 2.05) is 26.8 Å². The highest BCUT2D eigenvalue weighted by Crippen LogP contribution is 2.22. The number of hydrogen-bond acceptors (Lipinski definition) is 4. The fourth-order valence-electron chi connectivity index (χ4n) is 2.77. The van der Waals surface area contributed by atoms with Crippen LogP contribution in [0.2, 0.25) is 0 Å². The number of aromatic nitrogens is 3. The van der Waals surface area contributed by atoms with Crippen molar-refractivity contribution in [2.24, 2.45) is 0 Å². The normalized spacial score (nSPS) is 15.9. The van der Waals surface area contributed by atoms with Crippen LogP contribution in [-0.2, 0) is 11.3 Å². The van der Waals surface area contributed by atoms with E-state index >= 15 is 0 Å². The molecule has 0 radical (unpaired) electrons. The molecule has 2 aromatic rings. The molecule has 2 aromatic heterocycles. The number of nitrogens with zero attached hydrogens (tertiary/aromatic N) is 3. The number of carbonyl (C=O) groups is 1. The lowest BCUT2D eigenvalue weighted by Crippen LogP contribution is -2.36. The maximum absolute atomic E-state index is 12.6. The summed E-state index contributed by atoms with van der Waals surface area (Å²) in [5.41, 5.74) is 2.00. The first-order chi connectivity index (χ1) is 10.4. The second kappa shape index (κ2) is 5.24. The molecule has 1 N–H and O–H groups in total. The first kappa shape index (κ1) is 14.8. The molecule has 22 heavy (non-hydrogen) atoms. The Morgan fingerprint density at radius 1 is 1.36 bits per heavy atom. The molecule has 0 aliphatic carbocycles. The fraction of sp³-hybridized carbons (Fsp3) is 0.533. The van der Waals surface area contributed by atoms with Crippen molar-refractivity contribution >= 4 is 11.6 Å². The molecule has 118 valence electrons. The van der Waals surface area contributed by atoms with Crippen molar-refractivity contribution in [3.8, 4) is 0 Å². The second-order valence-corrected chi connectivity index (χ2v) is 6.04. The van der Waals surface area contributed by atoms with Gasteiger partial charge in [-0.2, -0.15) is 9.61 Å². The summed E-state index contributed by atoms with van der Waals surface area (Å²) in [4.78, 5) is 29.8. The van der Waals surface area contributed by atoms with Crippen LogP contribution in [0.15, 0.2) is 10.9 Å². The predicted molar refractivity (Wildman–Crippen MR) is 81.1 cm³/mol. The Hall–Kier alpha value is -2.15. The van der Waals surface area contributed by atoms with E-state index in [1.165, 1.54) is 4.52 Å². The average molecular weight is 304 g/mol. The Morgan fingerprint density at radius 2 is 2.09 bits per heavy atom. The molecule has 0 spiro atoms. The maximum atomic E-state index is 12.6.